The number of hydrogen-bond acceptors (Lipinski definition) is 3. The minimum atomic E-state index is 0.531. The van der Waals surface area contributed by atoms with Crippen LogP contribution in [0.15, 0.2) is 0 Å². The fourth-order valence-electron chi connectivity index (χ4n) is 5.23. The predicted octanol–water partition coefficient (Wildman–Crippen LogP) is 2.40. The summed E-state index contributed by atoms with van der Waals surface area (Å²) in [4.78, 5) is 2.71. The van der Waals surface area contributed by atoms with Crippen molar-refractivity contribution in [2.75, 3.05) is 13.1 Å². The van der Waals surface area contributed by atoms with Crippen LogP contribution < -0.4 is 5.32 Å². The highest BCUT2D eigenvalue weighted by molar-refractivity contribution is 5.01. The summed E-state index contributed by atoms with van der Waals surface area (Å²) in [5.41, 5.74) is 0. The number of fused-ring (bicyclic) bond motifs is 4. The maximum Gasteiger partial charge on any atom is 0.0733 e. The molecule has 5 atom stereocenters. The summed E-state index contributed by atoms with van der Waals surface area (Å²) in [6.07, 6.45) is 9.29. The molecule has 3 heterocycles. The first kappa shape index (κ1) is 13.5. The Morgan fingerprint density at radius 3 is 2.35 bits per heavy atom. The Morgan fingerprint density at radius 1 is 1.05 bits per heavy atom. The molecule has 1 saturated carbocycles. The van der Waals surface area contributed by atoms with Gasteiger partial charge in [0.15, 0.2) is 0 Å². The molecule has 0 aromatic heterocycles. The van der Waals surface area contributed by atoms with E-state index in [1.807, 2.05) is 0 Å². The van der Waals surface area contributed by atoms with Gasteiger partial charge in [-0.15, -0.1) is 0 Å². The number of piperidine rings is 1. The maximum absolute atomic E-state index is 6.03. The molecule has 3 aliphatic heterocycles. The van der Waals surface area contributed by atoms with Crippen LogP contribution in [0, 0.1) is 11.8 Å². The van der Waals surface area contributed by atoms with Gasteiger partial charge in [0.1, 0.15) is 0 Å². The van der Waals surface area contributed by atoms with E-state index in [2.05, 4.69) is 24.1 Å². The lowest BCUT2D eigenvalue weighted by Gasteiger charge is -2.50. The zero-order chi connectivity index (χ0) is 13.7. The summed E-state index contributed by atoms with van der Waals surface area (Å²) in [5.74, 6) is 1.76. The zero-order valence-electron chi connectivity index (χ0n) is 13.1. The Hall–Kier alpha value is -0.120. The van der Waals surface area contributed by atoms with Crippen molar-refractivity contribution >= 4 is 0 Å². The molecule has 4 fully saturated rings. The van der Waals surface area contributed by atoms with E-state index in [9.17, 15) is 0 Å². The van der Waals surface area contributed by atoms with Crippen LogP contribution in [0.1, 0.15) is 52.4 Å². The molecule has 0 aromatic rings. The van der Waals surface area contributed by atoms with Crippen LogP contribution in [0.4, 0.5) is 0 Å². The molecule has 3 saturated heterocycles. The zero-order valence-corrected chi connectivity index (χ0v) is 13.1. The van der Waals surface area contributed by atoms with Crippen LogP contribution in [0.2, 0.25) is 0 Å². The summed E-state index contributed by atoms with van der Waals surface area (Å²) in [6, 6.07) is 2.14. The molecule has 20 heavy (non-hydrogen) atoms. The summed E-state index contributed by atoms with van der Waals surface area (Å²) >= 11 is 0. The van der Waals surface area contributed by atoms with Crippen molar-refractivity contribution in [3.05, 3.63) is 0 Å². The second-order valence-electron chi connectivity index (χ2n) is 7.91. The minimum Gasteiger partial charge on any atom is -0.373 e. The Morgan fingerprint density at radius 2 is 1.80 bits per heavy atom. The normalized spacial score (nSPS) is 48.1. The third kappa shape index (κ3) is 2.32. The van der Waals surface area contributed by atoms with Crippen molar-refractivity contribution in [3.63, 3.8) is 0 Å². The van der Waals surface area contributed by atoms with Crippen LogP contribution in [0.3, 0.4) is 0 Å². The number of nitrogens with zero attached hydrogens (tertiary/aromatic N) is 1. The molecule has 0 aromatic carbocycles. The lowest BCUT2D eigenvalue weighted by atomic mass is 9.72. The van der Waals surface area contributed by atoms with Crippen molar-refractivity contribution < 1.29 is 4.74 Å². The molecular weight excluding hydrogens is 248 g/mol. The van der Waals surface area contributed by atoms with Crippen LogP contribution >= 0.6 is 0 Å². The Bertz CT molecular complexity index is 345. The fraction of sp³-hybridized carbons (Fsp3) is 1.00. The van der Waals surface area contributed by atoms with Gasteiger partial charge in [-0.25, -0.2) is 0 Å². The number of rotatable bonds is 3. The number of nitrogens with one attached hydrogen (secondary N) is 1. The fourth-order valence-corrected chi connectivity index (χ4v) is 5.23. The highest BCUT2D eigenvalue weighted by Gasteiger charge is 2.45. The van der Waals surface area contributed by atoms with Gasteiger partial charge in [0.25, 0.3) is 0 Å². The summed E-state index contributed by atoms with van der Waals surface area (Å²) in [6.45, 7) is 7.33. The van der Waals surface area contributed by atoms with Gasteiger partial charge in [-0.2, -0.15) is 0 Å². The van der Waals surface area contributed by atoms with E-state index in [1.165, 1.54) is 51.6 Å². The molecule has 4 aliphatic rings. The van der Waals surface area contributed by atoms with Gasteiger partial charge in [0.2, 0.25) is 0 Å². The third-order valence-electron chi connectivity index (χ3n) is 6.35. The van der Waals surface area contributed by atoms with Crippen molar-refractivity contribution in [2.45, 2.75) is 82.7 Å². The van der Waals surface area contributed by atoms with E-state index in [0.29, 0.717) is 24.3 Å². The van der Waals surface area contributed by atoms with Gasteiger partial charge in [0, 0.05) is 31.2 Å². The highest BCUT2D eigenvalue weighted by Crippen LogP contribution is 2.39. The maximum atomic E-state index is 6.03. The van der Waals surface area contributed by atoms with Gasteiger partial charge in [0.05, 0.1) is 12.2 Å². The summed E-state index contributed by atoms with van der Waals surface area (Å²) < 4.78 is 6.03. The van der Waals surface area contributed by atoms with E-state index in [0.717, 1.165) is 17.9 Å². The highest BCUT2D eigenvalue weighted by atomic mass is 16.5. The molecule has 3 heteroatoms. The lowest BCUT2D eigenvalue weighted by molar-refractivity contribution is 0.0192. The number of likely N-dealkylation sites (tertiary alicyclic amines) is 1. The molecule has 4 bridgehead atoms. The summed E-state index contributed by atoms with van der Waals surface area (Å²) in [7, 11) is 0. The lowest BCUT2D eigenvalue weighted by Crippen LogP contribution is -2.61. The molecule has 1 N–H and O–H groups in total. The average Bonchev–Trinajstić information content (AvgIpc) is 3.00. The van der Waals surface area contributed by atoms with E-state index in [4.69, 9.17) is 4.74 Å². The van der Waals surface area contributed by atoms with E-state index in [1.54, 1.807) is 0 Å². The molecule has 0 amide bonds. The van der Waals surface area contributed by atoms with Gasteiger partial charge >= 0.3 is 0 Å². The van der Waals surface area contributed by atoms with E-state index >= 15 is 0 Å². The smallest absolute Gasteiger partial charge is 0.0733 e. The first-order valence-electron chi connectivity index (χ1n) is 8.86. The molecule has 1 aliphatic carbocycles. The van der Waals surface area contributed by atoms with Crippen molar-refractivity contribution in [2.24, 2.45) is 11.8 Å². The quantitative estimate of drug-likeness (QED) is 0.858. The topological polar surface area (TPSA) is 24.5 Å². The standard InChI is InChI=1S/C17H30N2O/c1-11(2)19-9-12-4-3-5-13(10-19)17(12)18-15-8-14-6-7-16(15)20-14/h11-18H,3-10H2,1-2H3. The van der Waals surface area contributed by atoms with Crippen molar-refractivity contribution in [1.82, 2.24) is 10.2 Å². The second kappa shape index (κ2) is 5.26. The van der Waals surface area contributed by atoms with Gasteiger partial charge < -0.3 is 15.0 Å². The number of hydrogen-bond donors (Lipinski definition) is 1. The van der Waals surface area contributed by atoms with Gasteiger partial charge in [-0.1, -0.05) is 6.42 Å². The van der Waals surface area contributed by atoms with Crippen LogP contribution in [0.5, 0.6) is 0 Å². The third-order valence-corrected chi connectivity index (χ3v) is 6.35. The average molecular weight is 278 g/mol. The monoisotopic (exact) mass is 278 g/mol. The molecule has 4 rings (SSSR count). The Kier molecular flexibility index (Phi) is 3.56. The predicted molar refractivity (Wildman–Crippen MR) is 80.8 cm³/mol. The van der Waals surface area contributed by atoms with Gasteiger partial charge in [-0.3, -0.25) is 0 Å². The SMILES string of the molecule is CC(C)N1CC2CCCC(C1)C2NC1CC2CCC1O2. The Labute approximate surface area is 123 Å². The van der Waals surface area contributed by atoms with Crippen LogP contribution in [0.25, 0.3) is 0 Å². The van der Waals surface area contributed by atoms with E-state index < -0.39 is 0 Å². The Balaban J connectivity index is 1.43. The second-order valence-corrected chi connectivity index (χ2v) is 7.91. The molecule has 0 spiro atoms. The first-order valence-corrected chi connectivity index (χ1v) is 8.86. The molecule has 0 radical (unpaired) electrons. The van der Waals surface area contributed by atoms with Crippen LogP contribution in [-0.4, -0.2) is 48.3 Å². The van der Waals surface area contributed by atoms with Crippen molar-refractivity contribution in [1.29, 1.82) is 0 Å². The summed E-state index contributed by atoms with van der Waals surface area (Å²) in [5, 5.41) is 4.06. The minimum absolute atomic E-state index is 0.531. The van der Waals surface area contributed by atoms with E-state index in [-0.39, 0.29) is 0 Å². The van der Waals surface area contributed by atoms with Gasteiger partial charge in [-0.05, 0) is 57.8 Å². The molecular formula is C17H30N2O. The first-order chi connectivity index (χ1) is 9.70. The van der Waals surface area contributed by atoms with Crippen molar-refractivity contribution in [3.8, 4) is 0 Å². The number of ether oxygens (including phenoxy) is 1. The molecule has 5 unspecified atom stereocenters. The van der Waals surface area contributed by atoms with Crippen LogP contribution in [-0.2, 0) is 4.74 Å². The largest absolute Gasteiger partial charge is 0.373 e. The molecule has 114 valence electrons. The molecule has 3 nitrogen and oxygen atoms in total.